The Bertz CT molecular complexity index is 1770. The zero-order chi connectivity index (χ0) is 44.4. The van der Waals surface area contributed by atoms with Gasteiger partial charge in [-0.25, -0.2) is 0 Å². The summed E-state index contributed by atoms with van der Waals surface area (Å²) >= 11 is 0. The SMILES string of the molecule is CCCCCCCC/C=C\CCCCCCCCOC[C@@H](COCCCCCCCC/C=C\CCCCCC(C)C)OC(=O)CCCc1ccc2ccc3cccc4ccc1c2c34. The summed E-state index contributed by atoms with van der Waals surface area (Å²) in [6.45, 7) is 9.14. The topological polar surface area (TPSA) is 44.8 Å². The molecule has 63 heavy (non-hydrogen) atoms. The van der Waals surface area contributed by atoms with Crippen molar-refractivity contribution in [3.05, 3.63) is 84.5 Å². The number of ether oxygens (including phenoxy) is 3. The molecule has 0 spiro atoms. The molecule has 0 aromatic heterocycles. The minimum atomic E-state index is -0.366. The zero-order valence-electron chi connectivity index (χ0n) is 40.6. The van der Waals surface area contributed by atoms with E-state index in [-0.39, 0.29) is 12.1 Å². The summed E-state index contributed by atoms with van der Waals surface area (Å²) in [5.74, 6) is 0.683. The Morgan fingerprint density at radius 2 is 0.968 bits per heavy atom. The Labute approximate surface area is 385 Å². The summed E-state index contributed by atoms with van der Waals surface area (Å²) in [7, 11) is 0. The van der Waals surface area contributed by atoms with Gasteiger partial charge >= 0.3 is 5.97 Å². The van der Waals surface area contributed by atoms with Gasteiger partial charge in [-0.15, -0.1) is 0 Å². The number of rotatable bonds is 40. The highest BCUT2D eigenvalue weighted by Crippen LogP contribution is 2.36. The van der Waals surface area contributed by atoms with Crippen LogP contribution in [0.1, 0.15) is 206 Å². The maximum Gasteiger partial charge on any atom is 0.306 e. The fourth-order valence-electron chi connectivity index (χ4n) is 9.08. The van der Waals surface area contributed by atoms with Crippen molar-refractivity contribution >= 4 is 38.3 Å². The third kappa shape index (κ3) is 22.5. The number of hydrogen-bond donors (Lipinski definition) is 0. The van der Waals surface area contributed by atoms with Gasteiger partial charge in [0.1, 0.15) is 6.10 Å². The van der Waals surface area contributed by atoms with Crippen molar-refractivity contribution < 1.29 is 19.0 Å². The Kier molecular flexibility index (Phi) is 28.4. The lowest BCUT2D eigenvalue weighted by atomic mass is 9.90. The van der Waals surface area contributed by atoms with Crippen LogP contribution in [-0.4, -0.2) is 38.5 Å². The Morgan fingerprint density at radius 1 is 0.508 bits per heavy atom. The van der Waals surface area contributed by atoms with Crippen LogP contribution < -0.4 is 0 Å². The smallest absolute Gasteiger partial charge is 0.306 e. The van der Waals surface area contributed by atoms with E-state index in [1.807, 2.05) is 0 Å². The molecule has 0 radical (unpaired) electrons. The summed E-state index contributed by atoms with van der Waals surface area (Å²) in [6.07, 6.45) is 44.6. The Balaban J connectivity index is 1.09. The summed E-state index contributed by atoms with van der Waals surface area (Å²) in [4.78, 5) is 13.2. The number of benzene rings is 4. The number of aryl methyl sites for hydroxylation is 1. The van der Waals surface area contributed by atoms with Gasteiger partial charge in [-0.2, -0.15) is 0 Å². The van der Waals surface area contributed by atoms with Gasteiger partial charge in [0.05, 0.1) is 13.2 Å². The first-order valence-corrected chi connectivity index (χ1v) is 26.4. The van der Waals surface area contributed by atoms with E-state index in [1.165, 1.54) is 192 Å². The molecule has 0 saturated heterocycles. The number of carbonyl (C=O) groups is 1. The van der Waals surface area contributed by atoms with Gasteiger partial charge in [0.15, 0.2) is 0 Å². The molecule has 4 rings (SSSR count). The van der Waals surface area contributed by atoms with E-state index in [4.69, 9.17) is 14.2 Å². The minimum absolute atomic E-state index is 0.154. The van der Waals surface area contributed by atoms with Crippen molar-refractivity contribution in [2.75, 3.05) is 26.4 Å². The molecular formula is C59H90O4. The van der Waals surface area contributed by atoms with Crippen molar-refractivity contribution in [2.45, 2.75) is 213 Å². The quantitative estimate of drug-likeness (QED) is 0.0193. The van der Waals surface area contributed by atoms with Crippen LogP contribution in [0.5, 0.6) is 0 Å². The van der Waals surface area contributed by atoms with E-state index in [0.717, 1.165) is 31.6 Å². The van der Waals surface area contributed by atoms with Crippen LogP contribution >= 0.6 is 0 Å². The van der Waals surface area contributed by atoms with Crippen LogP contribution in [0, 0.1) is 5.92 Å². The fourth-order valence-corrected chi connectivity index (χ4v) is 9.08. The molecule has 0 aliphatic carbocycles. The first-order valence-electron chi connectivity index (χ1n) is 26.4. The summed E-state index contributed by atoms with van der Waals surface area (Å²) in [6, 6.07) is 20.0. The summed E-state index contributed by atoms with van der Waals surface area (Å²) in [5.41, 5.74) is 1.29. The summed E-state index contributed by atoms with van der Waals surface area (Å²) in [5, 5.41) is 7.80. The van der Waals surface area contributed by atoms with Crippen LogP contribution in [0.4, 0.5) is 0 Å². The highest BCUT2D eigenvalue weighted by molar-refractivity contribution is 6.23. The normalized spacial score (nSPS) is 12.7. The van der Waals surface area contributed by atoms with E-state index in [0.29, 0.717) is 32.8 Å². The highest BCUT2D eigenvalue weighted by atomic mass is 16.6. The molecule has 0 heterocycles. The van der Waals surface area contributed by atoms with Crippen molar-refractivity contribution in [3.63, 3.8) is 0 Å². The average molecular weight is 863 g/mol. The van der Waals surface area contributed by atoms with Gasteiger partial charge in [-0.3, -0.25) is 4.79 Å². The van der Waals surface area contributed by atoms with Crippen LogP contribution in [0.15, 0.2) is 78.9 Å². The van der Waals surface area contributed by atoms with Crippen molar-refractivity contribution in [3.8, 4) is 0 Å². The zero-order valence-corrected chi connectivity index (χ0v) is 40.6. The molecule has 1 atom stereocenters. The van der Waals surface area contributed by atoms with Gasteiger partial charge in [0.2, 0.25) is 0 Å². The molecular weight excluding hydrogens is 773 g/mol. The maximum atomic E-state index is 13.2. The number of hydrogen-bond acceptors (Lipinski definition) is 4. The van der Waals surface area contributed by atoms with Gasteiger partial charge in [-0.05, 0) is 121 Å². The molecule has 0 aliphatic rings. The predicted molar refractivity (Wildman–Crippen MR) is 273 cm³/mol. The predicted octanol–water partition coefficient (Wildman–Crippen LogP) is 17.8. The molecule has 0 amide bonds. The fraction of sp³-hybridized carbons (Fsp3) is 0.644. The number of esters is 1. The number of carbonyl (C=O) groups excluding carboxylic acids is 1. The molecule has 0 bridgehead atoms. The third-order valence-corrected chi connectivity index (χ3v) is 12.9. The largest absolute Gasteiger partial charge is 0.457 e. The second-order valence-electron chi connectivity index (χ2n) is 19.0. The van der Waals surface area contributed by atoms with E-state index in [9.17, 15) is 4.79 Å². The molecule has 0 aliphatic heterocycles. The van der Waals surface area contributed by atoms with E-state index in [2.05, 4.69) is 99.7 Å². The minimum Gasteiger partial charge on any atom is -0.457 e. The monoisotopic (exact) mass is 863 g/mol. The molecule has 4 aromatic rings. The van der Waals surface area contributed by atoms with Crippen LogP contribution in [0.2, 0.25) is 0 Å². The lowest BCUT2D eigenvalue weighted by Crippen LogP contribution is -2.29. The Morgan fingerprint density at radius 3 is 1.51 bits per heavy atom. The van der Waals surface area contributed by atoms with Gasteiger partial charge in [-0.1, -0.05) is 202 Å². The van der Waals surface area contributed by atoms with E-state index in [1.54, 1.807) is 0 Å². The molecule has 4 nitrogen and oxygen atoms in total. The van der Waals surface area contributed by atoms with Crippen molar-refractivity contribution in [1.29, 1.82) is 0 Å². The lowest BCUT2D eigenvalue weighted by Gasteiger charge is -2.19. The second-order valence-corrected chi connectivity index (χ2v) is 19.0. The van der Waals surface area contributed by atoms with Gasteiger partial charge in [0, 0.05) is 19.6 Å². The van der Waals surface area contributed by atoms with Crippen LogP contribution in [0.3, 0.4) is 0 Å². The van der Waals surface area contributed by atoms with E-state index < -0.39 is 0 Å². The van der Waals surface area contributed by atoms with Crippen molar-refractivity contribution in [2.24, 2.45) is 5.92 Å². The first-order chi connectivity index (χ1) is 31.1. The molecule has 4 heteroatoms. The lowest BCUT2D eigenvalue weighted by molar-refractivity contribution is -0.156. The maximum absolute atomic E-state index is 13.2. The van der Waals surface area contributed by atoms with Gasteiger partial charge in [0.25, 0.3) is 0 Å². The summed E-state index contributed by atoms with van der Waals surface area (Å²) < 4.78 is 18.3. The molecule has 350 valence electrons. The van der Waals surface area contributed by atoms with E-state index >= 15 is 0 Å². The molecule has 0 N–H and O–H groups in total. The number of allylic oxidation sites excluding steroid dienone is 4. The molecule has 0 saturated carbocycles. The number of unbranched alkanes of at least 4 members (excludes halogenated alkanes) is 21. The van der Waals surface area contributed by atoms with Crippen LogP contribution in [0.25, 0.3) is 32.3 Å². The average Bonchev–Trinajstić information content (AvgIpc) is 3.29. The molecule has 4 aromatic carbocycles. The third-order valence-electron chi connectivity index (χ3n) is 12.9. The second kappa shape index (κ2) is 34.2. The standard InChI is InChI=1S/C59H90O4/c1-4-5-6-7-8-9-10-11-12-13-16-19-22-25-28-31-46-61-48-55(49-62-47-32-29-26-23-20-17-14-15-18-21-24-27-30-35-50(2)3)63-57(60)39-34-36-51-40-41-54-43-42-52-37-33-38-53-44-45-56(51)59(54)58(52)53/h11-12,15,18,33,37-38,40-45,50,55H,4-10,13-14,16-17,19-32,34-36,39,46-49H2,1-3H3/b12-11-,18-15-/t55-/m0/s1. The van der Waals surface area contributed by atoms with Crippen LogP contribution in [-0.2, 0) is 25.4 Å². The highest BCUT2D eigenvalue weighted by Gasteiger charge is 2.17. The first kappa shape index (κ1) is 52.4. The molecule has 0 fully saturated rings. The molecule has 0 unspecified atom stereocenters. The van der Waals surface area contributed by atoms with Crippen molar-refractivity contribution in [1.82, 2.24) is 0 Å². The Hall–Kier alpha value is -3.21. The van der Waals surface area contributed by atoms with Gasteiger partial charge < -0.3 is 14.2 Å².